The van der Waals surface area contributed by atoms with E-state index in [1.807, 2.05) is 79.2 Å². The van der Waals surface area contributed by atoms with Gasteiger partial charge in [0.25, 0.3) is 0 Å². The number of ether oxygens (including phenoxy) is 1. The first-order valence-electron chi connectivity index (χ1n) is 8.56. The zero-order valence-electron chi connectivity index (χ0n) is 14.8. The zero-order chi connectivity index (χ0) is 18.1. The van der Waals surface area contributed by atoms with Gasteiger partial charge in [0, 0.05) is 23.0 Å². The number of nitrogens with zero attached hydrogens (tertiary/aromatic N) is 3. The molecule has 26 heavy (non-hydrogen) atoms. The minimum Gasteiger partial charge on any atom is -0.491 e. The van der Waals surface area contributed by atoms with Gasteiger partial charge in [0.2, 0.25) is 0 Å². The molecule has 0 amide bonds. The van der Waals surface area contributed by atoms with E-state index < -0.39 is 0 Å². The highest BCUT2D eigenvalue weighted by atomic mass is 16.5. The first kappa shape index (κ1) is 16.1. The topological polar surface area (TPSA) is 65.4 Å². The summed E-state index contributed by atoms with van der Waals surface area (Å²) in [5.41, 5.74) is 11.3. The van der Waals surface area contributed by atoms with Crippen LogP contribution in [-0.4, -0.2) is 20.5 Å². The van der Waals surface area contributed by atoms with Crippen LogP contribution in [0.2, 0.25) is 0 Å². The monoisotopic (exact) mass is 344 g/mol. The Morgan fingerprint density at radius 3 is 2.54 bits per heavy atom. The first-order chi connectivity index (χ1) is 12.6. The van der Waals surface area contributed by atoms with E-state index in [9.17, 15) is 0 Å². The van der Waals surface area contributed by atoms with Gasteiger partial charge in [0.1, 0.15) is 5.75 Å². The van der Waals surface area contributed by atoms with Crippen LogP contribution < -0.4 is 10.5 Å². The number of hydrogen-bond donors (Lipinski definition) is 1. The van der Waals surface area contributed by atoms with Crippen LogP contribution in [0.1, 0.15) is 13.8 Å². The number of benzene rings is 2. The maximum Gasteiger partial charge on any atom is 0.155 e. The number of aromatic nitrogens is 3. The van der Waals surface area contributed by atoms with E-state index in [1.165, 1.54) is 0 Å². The molecule has 2 heterocycles. The summed E-state index contributed by atoms with van der Waals surface area (Å²) >= 11 is 0. The van der Waals surface area contributed by atoms with E-state index in [4.69, 9.17) is 10.5 Å². The standard InChI is InChI=1S/C21H20N4O/c1-14(2)26-18-5-3-4-16(10-18)19-13-25-20(11-24-21(25)12-23-19)15-6-8-17(22)9-7-15/h3-14H,22H2,1-2H3. The van der Waals surface area contributed by atoms with Gasteiger partial charge in [-0.25, -0.2) is 4.98 Å². The van der Waals surface area contributed by atoms with Crippen molar-refractivity contribution >= 4 is 11.3 Å². The van der Waals surface area contributed by atoms with Gasteiger partial charge in [-0.3, -0.25) is 9.38 Å². The third kappa shape index (κ3) is 3.11. The fraction of sp³-hybridized carbons (Fsp3) is 0.143. The molecule has 0 saturated heterocycles. The van der Waals surface area contributed by atoms with E-state index in [2.05, 4.69) is 9.97 Å². The lowest BCUT2D eigenvalue weighted by Gasteiger charge is -2.11. The summed E-state index contributed by atoms with van der Waals surface area (Å²) in [4.78, 5) is 9.01. The Labute approximate surface area is 152 Å². The number of fused-ring (bicyclic) bond motifs is 1. The highest BCUT2D eigenvalue weighted by Crippen LogP contribution is 2.26. The van der Waals surface area contributed by atoms with Crippen molar-refractivity contribution in [3.63, 3.8) is 0 Å². The second-order valence-corrected chi connectivity index (χ2v) is 6.46. The van der Waals surface area contributed by atoms with Crippen molar-refractivity contribution in [3.05, 3.63) is 67.1 Å². The molecule has 0 atom stereocenters. The maximum absolute atomic E-state index is 5.80. The molecule has 5 nitrogen and oxygen atoms in total. The SMILES string of the molecule is CC(C)Oc1cccc(-c2cn3c(-c4ccc(N)cc4)cnc3cn2)c1. The highest BCUT2D eigenvalue weighted by Gasteiger charge is 2.09. The van der Waals surface area contributed by atoms with Gasteiger partial charge in [-0.15, -0.1) is 0 Å². The molecule has 0 radical (unpaired) electrons. The van der Waals surface area contributed by atoms with Crippen LogP contribution in [-0.2, 0) is 0 Å². The van der Waals surface area contributed by atoms with Gasteiger partial charge in [-0.1, -0.05) is 24.3 Å². The summed E-state index contributed by atoms with van der Waals surface area (Å²) in [7, 11) is 0. The Morgan fingerprint density at radius 2 is 1.77 bits per heavy atom. The van der Waals surface area contributed by atoms with Crippen LogP contribution in [0.15, 0.2) is 67.1 Å². The predicted octanol–water partition coefficient (Wildman–Crippen LogP) is 4.43. The number of hydrogen-bond acceptors (Lipinski definition) is 4. The van der Waals surface area contributed by atoms with Crippen molar-refractivity contribution in [2.24, 2.45) is 0 Å². The second kappa shape index (κ2) is 6.52. The van der Waals surface area contributed by atoms with Crippen molar-refractivity contribution in [2.75, 3.05) is 5.73 Å². The molecular formula is C21H20N4O. The van der Waals surface area contributed by atoms with Gasteiger partial charge in [-0.2, -0.15) is 0 Å². The van der Waals surface area contributed by atoms with Crippen molar-refractivity contribution in [3.8, 4) is 28.3 Å². The predicted molar refractivity (Wildman–Crippen MR) is 104 cm³/mol. The number of rotatable bonds is 4. The van der Waals surface area contributed by atoms with Crippen molar-refractivity contribution in [1.82, 2.24) is 14.4 Å². The molecule has 130 valence electrons. The third-order valence-corrected chi connectivity index (χ3v) is 4.10. The molecule has 2 aromatic heterocycles. The summed E-state index contributed by atoms with van der Waals surface area (Å²) < 4.78 is 7.84. The Kier molecular flexibility index (Phi) is 4.05. The molecule has 0 saturated carbocycles. The van der Waals surface area contributed by atoms with Crippen LogP contribution in [0.5, 0.6) is 5.75 Å². The Bertz CT molecular complexity index is 1050. The van der Waals surface area contributed by atoms with Crippen LogP contribution in [0.3, 0.4) is 0 Å². The van der Waals surface area contributed by atoms with Crippen molar-refractivity contribution in [1.29, 1.82) is 0 Å². The zero-order valence-corrected chi connectivity index (χ0v) is 14.8. The second-order valence-electron chi connectivity index (χ2n) is 6.46. The van der Waals surface area contributed by atoms with Crippen molar-refractivity contribution < 1.29 is 4.74 Å². The fourth-order valence-electron chi connectivity index (χ4n) is 2.91. The van der Waals surface area contributed by atoms with Gasteiger partial charge in [-0.05, 0) is 38.1 Å². The van der Waals surface area contributed by atoms with E-state index in [1.54, 1.807) is 6.20 Å². The number of anilines is 1. The fourth-order valence-corrected chi connectivity index (χ4v) is 2.91. The highest BCUT2D eigenvalue weighted by molar-refractivity contribution is 5.68. The van der Waals surface area contributed by atoms with Crippen LogP contribution in [0.4, 0.5) is 5.69 Å². The number of nitrogen functional groups attached to an aromatic ring is 1. The molecule has 2 aromatic carbocycles. The van der Waals surface area contributed by atoms with Gasteiger partial charge >= 0.3 is 0 Å². The van der Waals surface area contributed by atoms with Crippen LogP contribution in [0, 0.1) is 0 Å². The van der Waals surface area contributed by atoms with Crippen LogP contribution >= 0.6 is 0 Å². The summed E-state index contributed by atoms with van der Waals surface area (Å²) in [6, 6.07) is 15.8. The molecule has 4 aromatic rings. The maximum atomic E-state index is 5.80. The molecule has 5 heteroatoms. The van der Waals surface area contributed by atoms with Gasteiger partial charge < -0.3 is 10.5 Å². The summed E-state index contributed by atoms with van der Waals surface area (Å²) in [5.74, 6) is 0.837. The molecule has 0 unspecified atom stereocenters. The summed E-state index contributed by atoms with van der Waals surface area (Å²) in [5, 5.41) is 0. The van der Waals surface area contributed by atoms with E-state index in [0.717, 1.165) is 39.6 Å². The number of nitrogens with two attached hydrogens (primary N) is 1. The molecular weight excluding hydrogens is 324 g/mol. The smallest absolute Gasteiger partial charge is 0.155 e. The molecule has 0 aliphatic carbocycles. The molecule has 2 N–H and O–H groups in total. The Balaban J connectivity index is 1.78. The average Bonchev–Trinajstić information content (AvgIpc) is 3.05. The molecule has 0 aliphatic rings. The number of imidazole rings is 1. The lowest BCUT2D eigenvalue weighted by molar-refractivity contribution is 0.242. The van der Waals surface area contributed by atoms with Crippen LogP contribution in [0.25, 0.3) is 28.2 Å². The van der Waals surface area contributed by atoms with Crippen molar-refractivity contribution in [2.45, 2.75) is 20.0 Å². The van der Waals surface area contributed by atoms with Gasteiger partial charge in [0.15, 0.2) is 5.65 Å². The summed E-state index contributed by atoms with van der Waals surface area (Å²) in [6.07, 6.45) is 5.77. The molecule has 0 fully saturated rings. The van der Waals surface area contributed by atoms with E-state index >= 15 is 0 Å². The first-order valence-corrected chi connectivity index (χ1v) is 8.56. The van der Waals surface area contributed by atoms with E-state index in [-0.39, 0.29) is 6.10 Å². The lowest BCUT2D eigenvalue weighted by Crippen LogP contribution is -2.05. The molecule has 0 bridgehead atoms. The summed E-state index contributed by atoms with van der Waals surface area (Å²) in [6.45, 7) is 4.03. The molecule has 0 spiro atoms. The third-order valence-electron chi connectivity index (χ3n) is 4.10. The average molecular weight is 344 g/mol. The Morgan fingerprint density at radius 1 is 0.962 bits per heavy atom. The van der Waals surface area contributed by atoms with Gasteiger partial charge in [0.05, 0.1) is 29.9 Å². The molecule has 4 rings (SSSR count). The quantitative estimate of drug-likeness (QED) is 0.556. The normalized spacial score (nSPS) is 11.2. The Hall–Kier alpha value is -3.34. The largest absolute Gasteiger partial charge is 0.491 e. The van der Waals surface area contributed by atoms with E-state index in [0.29, 0.717) is 0 Å². The minimum absolute atomic E-state index is 0.131. The molecule has 0 aliphatic heterocycles. The lowest BCUT2D eigenvalue weighted by atomic mass is 10.1. The minimum atomic E-state index is 0.131.